The van der Waals surface area contributed by atoms with Gasteiger partial charge in [-0.05, 0) is 42.8 Å². The number of nitrogens with one attached hydrogen (secondary N) is 2. The molecule has 5 heteroatoms. The van der Waals surface area contributed by atoms with Crippen LogP contribution in [0.1, 0.15) is 37.4 Å². The molecule has 28 heavy (non-hydrogen) atoms. The highest BCUT2D eigenvalue weighted by molar-refractivity contribution is 5.97. The lowest BCUT2D eigenvalue weighted by atomic mass is 10.1. The van der Waals surface area contributed by atoms with Crippen molar-refractivity contribution < 1.29 is 14.0 Å². The summed E-state index contributed by atoms with van der Waals surface area (Å²) in [6.07, 6.45) is 0. The highest BCUT2D eigenvalue weighted by atomic mass is 19.1. The van der Waals surface area contributed by atoms with E-state index in [2.05, 4.69) is 10.6 Å². The Hall–Kier alpha value is -3.47. The molecule has 3 aromatic carbocycles. The lowest BCUT2D eigenvalue weighted by molar-refractivity contribution is 0.0939. The molecule has 0 saturated heterocycles. The van der Waals surface area contributed by atoms with E-state index in [-0.39, 0.29) is 24.2 Å². The molecule has 0 aliphatic rings. The monoisotopic (exact) mass is 376 g/mol. The maximum atomic E-state index is 13.6. The van der Waals surface area contributed by atoms with Crippen molar-refractivity contribution in [2.24, 2.45) is 0 Å². The molecule has 3 rings (SSSR count). The van der Waals surface area contributed by atoms with Crippen molar-refractivity contribution >= 4 is 11.8 Å². The fourth-order valence-electron chi connectivity index (χ4n) is 2.68. The Morgan fingerprint density at radius 1 is 0.750 bits per heavy atom. The van der Waals surface area contributed by atoms with Gasteiger partial charge in [0.15, 0.2) is 0 Å². The Morgan fingerprint density at radius 2 is 1.29 bits per heavy atom. The van der Waals surface area contributed by atoms with Gasteiger partial charge in [-0.3, -0.25) is 9.59 Å². The first-order chi connectivity index (χ1) is 13.5. The summed E-state index contributed by atoms with van der Waals surface area (Å²) in [4.78, 5) is 24.5. The average Bonchev–Trinajstić information content (AvgIpc) is 2.72. The topological polar surface area (TPSA) is 58.2 Å². The van der Waals surface area contributed by atoms with E-state index in [1.807, 2.05) is 31.2 Å². The van der Waals surface area contributed by atoms with Gasteiger partial charge in [-0.25, -0.2) is 4.39 Å². The van der Waals surface area contributed by atoms with Crippen molar-refractivity contribution in [3.05, 3.63) is 106 Å². The van der Waals surface area contributed by atoms with Crippen molar-refractivity contribution in [3.63, 3.8) is 0 Å². The van der Waals surface area contributed by atoms with E-state index < -0.39 is 0 Å². The lowest BCUT2D eigenvalue weighted by Gasteiger charge is -2.08. The van der Waals surface area contributed by atoms with Crippen LogP contribution >= 0.6 is 0 Å². The molecule has 0 aliphatic heterocycles. The molecule has 0 unspecified atom stereocenters. The van der Waals surface area contributed by atoms with Crippen LogP contribution in [0.25, 0.3) is 0 Å². The summed E-state index contributed by atoms with van der Waals surface area (Å²) in [5.74, 6) is -0.892. The summed E-state index contributed by atoms with van der Waals surface area (Å²) in [5.41, 5.74) is 3.48. The fraction of sp³-hybridized carbons (Fsp3) is 0.130. The molecular formula is C23H21FN2O2. The number of hydrogen-bond acceptors (Lipinski definition) is 2. The van der Waals surface area contributed by atoms with Crippen LogP contribution in [-0.4, -0.2) is 11.8 Å². The Labute approximate surface area is 163 Å². The molecule has 3 aromatic rings. The number of halogens is 1. The summed E-state index contributed by atoms with van der Waals surface area (Å²) in [5, 5.41) is 5.53. The van der Waals surface area contributed by atoms with Crippen LogP contribution in [-0.2, 0) is 13.1 Å². The Morgan fingerprint density at radius 3 is 1.86 bits per heavy atom. The second-order valence-electron chi connectivity index (χ2n) is 6.52. The van der Waals surface area contributed by atoms with Gasteiger partial charge in [0.2, 0.25) is 0 Å². The molecule has 2 N–H and O–H groups in total. The minimum absolute atomic E-state index is 0.101. The van der Waals surface area contributed by atoms with E-state index in [9.17, 15) is 14.0 Å². The highest BCUT2D eigenvalue weighted by Gasteiger charge is 2.10. The van der Waals surface area contributed by atoms with Crippen LogP contribution in [0.2, 0.25) is 0 Å². The number of carbonyl (C=O) groups excluding carboxylic acids is 2. The molecule has 0 radical (unpaired) electrons. The maximum Gasteiger partial charge on any atom is 0.251 e. The molecule has 0 spiro atoms. The molecule has 0 aliphatic carbocycles. The molecule has 0 atom stereocenters. The molecular weight excluding hydrogens is 355 g/mol. The quantitative estimate of drug-likeness (QED) is 0.683. The van der Waals surface area contributed by atoms with E-state index >= 15 is 0 Å². The minimum atomic E-state index is -0.358. The van der Waals surface area contributed by atoms with Crippen LogP contribution in [0.5, 0.6) is 0 Å². The molecule has 2 amide bonds. The number of rotatable bonds is 6. The van der Waals surface area contributed by atoms with Gasteiger partial charge >= 0.3 is 0 Å². The highest BCUT2D eigenvalue weighted by Crippen LogP contribution is 2.09. The van der Waals surface area contributed by atoms with Gasteiger partial charge in [0.05, 0.1) is 0 Å². The third-order valence-corrected chi connectivity index (χ3v) is 4.38. The lowest BCUT2D eigenvalue weighted by Crippen LogP contribution is -2.24. The van der Waals surface area contributed by atoms with Gasteiger partial charge < -0.3 is 10.6 Å². The number of aryl methyl sites for hydroxylation is 1. The van der Waals surface area contributed by atoms with Crippen LogP contribution in [0, 0.1) is 12.7 Å². The summed E-state index contributed by atoms with van der Waals surface area (Å²) in [6, 6.07) is 20.6. The van der Waals surface area contributed by atoms with Gasteiger partial charge in [-0.2, -0.15) is 0 Å². The molecule has 0 heterocycles. The van der Waals surface area contributed by atoms with E-state index in [0.717, 1.165) is 5.56 Å². The first-order valence-electron chi connectivity index (χ1n) is 8.98. The van der Waals surface area contributed by atoms with Crippen LogP contribution in [0.4, 0.5) is 4.39 Å². The third kappa shape index (κ3) is 5.04. The Bertz CT molecular complexity index is 967. The zero-order valence-electron chi connectivity index (χ0n) is 15.5. The molecule has 0 bridgehead atoms. The Balaban J connectivity index is 1.54. The molecule has 0 aromatic heterocycles. The SMILES string of the molecule is Cc1ccc(CNC(=O)c2ccc(C(=O)NCc3ccccc3F)cc2)cc1. The van der Waals surface area contributed by atoms with Gasteiger partial charge in [0.25, 0.3) is 11.8 Å². The minimum Gasteiger partial charge on any atom is -0.348 e. The first kappa shape index (κ1) is 19.3. The van der Waals surface area contributed by atoms with Gasteiger partial charge in [0.1, 0.15) is 5.82 Å². The van der Waals surface area contributed by atoms with E-state index in [0.29, 0.717) is 23.2 Å². The normalized spacial score (nSPS) is 10.4. The van der Waals surface area contributed by atoms with E-state index in [4.69, 9.17) is 0 Å². The van der Waals surface area contributed by atoms with Crippen molar-refractivity contribution in [1.82, 2.24) is 10.6 Å². The Kier molecular flexibility index (Phi) is 6.17. The predicted octanol–water partition coefficient (Wildman–Crippen LogP) is 3.99. The zero-order valence-corrected chi connectivity index (χ0v) is 15.5. The van der Waals surface area contributed by atoms with Crippen molar-refractivity contribution in [2.45, 2.75) is 20.0 Å². The number of amides is 2. The van der Waals surface area contributed by atoms with Gasteiger partial charge in [-0.1, -0.05) is 48.0 Å². The maximum absolute atomic E-state index is 13.6. The van der Waals surface area contributed by atoms with Crippen LogP contribution < -0.4 is 10.6 Å². The number of carbonyl (C=O) groups is 2. The third-order valence-electron chi connectivity index (χ3n) is 4.38. The van der Waals surface area contributed by atoms with Crippen LogP contribution in [0.15, 0.2) is 72.8 Å². The largest absolute Gasteiger partial charge is 0.348 e. The molecule has 0 saturated carbocycles. The molecule has 142 valence electrons. The van der Waals surface area contributed by atoms with E-state index in [1.54, 1.807) is 42.5 Å². The fourth-order valence-corrected chi connectivity index (χ4v) is 2.68. The van der Waals surface area contributed by atoms with Crippen molar-refractivity contribution in [3.8, 4) is 0 Å². The zero-order chi connectivity index (χ0) is 19.9. The summed E-state index contributed by atoms with van der Waals surface area (Å²) in [6.45, 7) is 2.55. The second kappa shape index (κ2) is 8.95. The smallest absolute Gasteiger partial charge is 0.251 e. The van der Waals surface area contributed by atoms with Crippen molar-refractivity contribution in [2.75, 3.05) is 0 Å². The van der Waals surface area contributed by atoms with E-state index in [1.165, 1.54) is 11.6 Å². The second-order valence-corrected chi connectivity index (χ2v) is 6.52. The first-order valence-corrected chi connectivity index (χ1v) is 8.98. The van der Waals surface area contributed by atoms with Crippen LogP contribution in [0.3, 0.4) is 0 Å². The van der Waals surface area contributed by atoms with Crippen molar-refractivity contribution in [1.29, 1.82) is 0 Å². The summed E-state index contributed by atoms with van der Waals surface area (Å²) >= 11 is 0. The standard InChI is InChI=1S/C23H21FN2O2/c1-16-6-8-17(9-7-16)14-25-22(27)18-10-12-19(13-11-18)23(28)26-15-20-4-2-3-5-21(20)24/h2-13H,14-15H2,1H3,(H,25,27)(H,26,28). The average molecular weight is 376 g/mol. The summed E-state index contributed by atoms with van der Waals surface area (Å²) in [7, 11) is 0. The molecule has 4 nitrogen and oxygen atoms in total. The number of hydrogen-bond donors (Lipinski definition) is 2. The van der Waals surface area contributed by atoms with Gasteiger partial charge in [-0.15, -0.1) is 0 Å². The van der Waals surface area contributed by atoms with Gasteiger partial charge in [0, 0.05) is 29.8 Å². The molecule has 0 fully saturated rings. The summed E-state index contributed by atoms with van der Waals surface area (Å²) < 4.78 is 13.6. The predicted molar refractivity (Wildman–Crippen MR) is 106 cm³/mol. The number of benzene rings is 3.